The lowest BCUT2D eigenvalue weighted by molar-refractivity contribution is -0.135. The lowest BCUT2D eigenvalue weighted by Crippen LogP contribution is -2.56. The zero-order valence-corrected chi connectivity index (χ0v) is 28.5. The Balaban J connectivity index is 1.78. The summed E-state index contributed by atoms with van der Waals surface area (Å²) in [6.07, 6.45) is 1.36. The molecule has 0 aliphatic carbocycles. The molecule has 0 radical (unpaired) electrons. The maximum Gasteiger partial charge on any atom is 0.410 e. The van der Waals surface area contributed by atoms with Gasteiger partial charge in [-0.15, -0.1) is 0 Å². The lowest BCUT2D eigenvalue weighted by atomic mass is 9.85. The van der Waals surface area contributed by atoms with Crippen molar-refractivity contribution in [3.63, 3.8) is 0 Å². The number of hydrogen-bond donors (Lipinski definition) is 1. The monoisotopic (exact) mass is 645 g/mol. The average Bonchev–Trinajstić information content (AvgIpc) is 3.43. The molecular weight excluding hydrogens is 601 g/mol. The first-order valence-electron chi connectivity index (χ1n) is 15.2. The summed E-state index contributed by atoms with van der Waals surface area (Å²) >= 11 is 12.8. The van der Waals surface area contributed by atoms with E-state index in [-0.39, 0.29) is 30.0 Å². The number of carbonyl (C=O) groups excluding carboxylic acids is 3. The highest BCUT2D eigenvalue weighted by Crippen LogP contribution is 2.45. The van der Waals surface area contributed by atoms with Crippen LogP contribution in [-0.4, -0.2) is 58.2 Å². The highest BCUT2D eigenvalue weighted by Gasteiger charge is 2.57. The topological polar surface area (TPSA) is 88.2 Å². The fourth-order valence-corrected chi connectivity index (χ4v) is 6.44. The fraction of sp³-hybridized carbons (Fsp3) is 0.559. The summed E-state index contributed by atoms with van der Waals surface area (Å²) in [6, 6.07) is 11.4. The molecule has 2 aromatic rings. The van der Waals surface area contributed by atoms with E-state index in [0.717, 1.165) is 12.0 Å². The van der Waals surface area contributed by atoms with Crippen LogP contribution in [0.3, 0.4) is 0 Å². The first kappa shape index (κ1) is 34.1. The number of nitrogens with one attached hydrogen (secondary N) is 1. The number of benzene rings is 2. The third-order valence-corrected chi connectivity index (χ3v) is 8.27. The molecule has 2 aromatic carbocycles. The zero-order valence-electron chi connectivity index (χ0n) is 27.0. The standard InChI is InChI=1S/C34H45Cl2N3O5/c1-21(2)43-30(41)23-11-9-22(10-12-23)27(13-14-32(3,4)5)39-29(40)28(24-17-25(35)19-26(36)18-24)37-34(39)15-16-38(20-34)31(42)44-33(6,7)8/h9-12,17-19,21,27-28,37H,13-16,20H2,1-8H3/t27-,28?,34?/m1/s1. The van der Waals surface area contributed by atoms with Gasteiger partial charge < -0.3 is 19.3 Å². The van der Waals surface area contributed by atoms with Crippen molar-refractivity contribution in [3.8, 4) is 0 Å². The van der Waals surface area contributed by atoms with Crippen LogP contribution in [0.2, 0.25) is 10.0 Å². The Hall–Kier alpha value is -2.81. The van der Waals surface area contributed by atoms with Crippen LogP contribution in [0.5, 0.6) is 0 Å². The summed E-state index contributed by atoms with van der Waals surface area (Å²) in [5, 5.41) is 4.49. The molecule has 1 N–H and O–H groups in total. The van der Waals surface area contributed by atoms with Crippen molar-refractivity contribution in [2.75, 3.05) is 13.1 Å². The van der Waals surface area contributed by atoms with Gasteiger partial charge in [0.25, 0.3) is 0 Å². The molecule has 2 fully saturated rings. The maximum absolute atomic E-state index is 14.6. The molecule has 1 spiro atoms. The smallest absolute Gasteiger partial charge is 0.410 e. The Morgan fingerprint density at radius 1 is 1.02 bits per heavy atom. The summed E-state index contributed by atoms with van der Waals surface area (Å²) in [6.45, 7) is 16.3. The third-order valence-electron chi connectivity index (χ3n) is 7.83. The molecule has 8 nitrogen and oxygen atoms in total. The molecule has 2 heterocycles. The quantitative estimate of drug-likeness (QED) is 0.308. The minimum Gasteiger partial charge on any atom is -0.459 e. The van der Waals surface area contributed by atoms with Gasteiger partial charge in [-0.25, -0.2) is 9.59 Å². The van der Waals surface area contributed by atoms with Crippen molar-refractivity contribution < 1.29 is 23.9 Å². The van der Waals surface area contributed by atoms with Crippen molar-refractivity contribution in [1.82, 2.24) is 15.1 Å². The number of halogens is 2. The fourth-order valence-electron chi connectivity index (χ4n) is 5.90. The van der Waals surface area contributed by atoms with E-state index < -0.39 is 29.4 Å². The van der Waals surface area contributed by atoms with Crippen LogP contribution in [-0.2, 0) is 14.3 Å². The summed E-state index contributed by atoms with van der Waals surface area (Å²) in [7, 11) is 0. The Morgan fingerprint density at radius 3 is 2.18 bits per heavy atom. The van der Waals surface area contributed by atoms with Gasteiger partial charge in [-0.2, -0.15) is 0 Å². The molecule has 2 unspecified atom stereocenters. The lowest BCUT2D eigenvalue weighted by Gasteiger charge is -2.41. The van der Waals surface area contributed by atoms with Crippen molar-refractivity contribution in [2.24, 2.45) is 5.41 Å². The van der Waals surface area contributed by atoms with Gasteiger partial charge in [0.1, 0.15) is 17.3 Å². The minimum atomic E-state index is -0.870. The molecule has 0 bridgehead atoms. The summed E-state index contributed by atoms with van der Waals surface area (Å²) in [5.74, 6) is -0.522. The number of ether oxygens (including phenoxy) is 2. The molecule has 2 aliphatic rings. The maximum atomic E-state index is 14.6. The average molecular weight is 647 g/mol. The van der Waals surface area contributed by atoms with Crippen LogP contribution < -0.4 is 5.32 Å². The number of nitrogens with zero attached hydrogens (tertiary/aromatic N) is 2. The van der Waals surface area contributed by atoms with Crippen molar-refractivity contribution in [1.29, 1.82) is 0 Å². The van der Waals surface area contributed by atoms with Gasteiger partial charge in [-0.1, -0.05) is 56.1 Å². The molecule has 0 aromatic heterocycles. The number of amides is 2. The Morgan fingerprint density at radius 2 is 1.64 bits per heavy atom. The van der Waals surface area contributed by atoms with Gasteiger partial charge >= 0.3 is 12.1 Å². The SMILES string of the molecule is CC(C)OC(=O)c1ccc([C@@H](CCC(C)(C)C)N2C(=O)C(c3cc(Cl)cc(Cl)c3)NC23CCN(C(=O)OC(C)(C)C)C3)cc1. The second-order valence-corrected chi connectivity index (χ2v) is 15.2. The number of rotatable bonds is 7. The van der Waals surface area contributed by atoms with Crippen molar-refractivity contribution >= 4 is 41.2 Å². The Labute approximate surface area is 271 Å². The first-order chi connectivity index (χ1) is 20.4. The van der Waals surface area contributed by atoms with Crippen molar-refractivity contribution in [2.45, 2.75) is 104 Å². The summed E-state index contributed by atoms with van der Waals surface area (Å²) in [5.41, 5.74) is 0.475. The van der Waals surface area contributed by atoms with E-state index in [4.69, 9.17) is 32.7 Å². The van der Waals surface area contributed by atoms with E-state index in [0.29, 0.717) is 40.6 Å². The number of esters is 1. The van der Waals surface area contributed by atoms with Gasteiger partial charge in [0.05, 0.1) is 24.3 Å². The highest BCUT2D eigenvalue weighted by molar-refractivity contribution is 6.34. The van der Waals surface area contributed by atoms with Gasteiger partial charge in [-0.05, 0) is 94.3 Å². The minimum absolute atomic E-state index is 0.000727. The first-order valence-corrected chi connectivity index (χ1v) is 16.0. The van der Waals surface area contributed by atoms with E-state index >= 15 is 0 Å². The molecule has 4 rings (SSSR count). The Bertz CT molecular complexity index is 1360. The van der Waals surface area contributed by atoms with Crippen LogP contribution in [0.1, 0.15) is 108 Å². The molecule has 10 heteroatoms. The van der Waals surface area contributed by atoms with Crippen LogP contribution in [0.15, 0.2) is 42.5 Å². The molecular formula is C34H45Cl2N3O5. The second kappa shape index (κ2) is 12.9. The normalized spacial score (nSPS) is 21.3. The predicted molar refractivity (Wildman–Crippen MR) is 173 cm³/mol. The summed E-state index contributed by atoms with van der Waals surface area (Å²) in [4.78, 5) is 44.0. The van der Waals surface area contributed by atoms with Gasteiger partial charge in [0.15, 0.2) is 0 Å². The molecule has 240 valence electrons. The summed E-state index contributed by atoms with van der Waals surface area (Å²) < 4.78 is 11.1. The molecule has 3 atom stereocenters. The second-order valence-electron chi connectivity index (χ2n) is 14.4. The van der Waals surface area contributed by atoms with Crippen LogP contribution in [0, 0.1) is 5.41 Å². The molecule has 2 amide bonds. The van der Waals surface area contributed by atoms with Gasteiger partial charge in [0.2, 0.25) is 5.91 Å². The van der Waals surface area contributed by atoms with E-state index in [1.807, 2.05) is 51.7 Å². The van der Waals surface area contributed by atoms with Gasteiger partial charge in [-0.3, -0.25) is 10.1 Å². The largest absolute Gasteiger partial charge is 0.459 e. The highest BCUT2D eigenvalue weighted by atomic mass is 35.5. The predicted octanol–water partition coefficient (Wildman–Crippen LogP) is 7.94. The Kier molecular flexibility index (Phi) is 9.98. The number of carbonyl (C=O) groups is 3. The van der Waals surface area contributed by atoms with Crippen LogP contribution >= 0.6 is 23.2 Å². The van der Waals surface area contributed by atoms with Gasteiger partial charge in [0, 0.05) is 23.0 Å². The van der Waals surface area contributed by atoms with Crippen LogP contribution in [0.4, 0.5) is 4.79 Å². The van der Waals surface area contributed by atoms with E-state index in [1.54, 1.807) is 35.2 Å². The number of likely N-dealkylation sites (tertiary alicyclic amines) is 1. The van der Waals surface area contributed by atoms with Crippen LogP contribution in [0.25, 0.3) is 0 Å². The third kappa shape index (κ3) is 8.06. The van der Waals surface area contributed by atoms with E-state index in [1.165, 1.54) is 0 Å². The molecule has 2 aliphatic heterocycles. The molecule has 44 heavy (non-hydrogen) atoms. The van der Waals surface area contributed by atoms with E-state index in [2.05, 4.69) is 26.1 Å². The zero-order chi connectivity index (χ0) is 32.6. The molecule has 2 saturated heterocycles. The number of hydrogen-bond acceptors (Lipinski definition) is 6. The van der Waals surface area contributed by atoms with E-state index in [9.17, 15) is 14.4 Å². The van der Waals surface area contributed by atoms with Crippen molar-refractivity contribution in [3.05, 3.63) is 69.2 Å². The molecule has 0 saturated carbocycles.